The Hall–Kier alpha value is -3.11. The van der Waals surface area contributed by atoms with E-state index in [0.29, 0.717) is 25.9 Å². The predicted octanol–water partition coefficient (Wildman–Crippen LogP) is 6.82. The number of fused-ring (bicyclic) bond motifs is 1. The van der Waals surface area contributed by atoms with Crippen molar-refractivity contribution >= 4 is 33.2 Å². The Kier molecular flexibility index (Phi) is 7.61. The maximum Gasteiger partial charge on any atom is 0.406 e. The van der Waals surface area contributed by atoms with Crippen molar-refractivity contribution in [1.29, 1.82) is 0 Å². The predicted molar refractivity (Wildman–Crippen MR) is 147 cm³/mol. The van der Waals surface area contributed by atoms with E-state index >= 15 is 0 Å². The first-order valence-corrected chi connectivity index (χ1v) is 13.9. The molecule has 4 aromatic rings. The number of hydrogen-bond donors (Lipinski definition) is 0. The molecule has 1 aliphatic carbocycles. The highest BCUT2D eigenvalue weighted by Gasteiger charge is 2.29. The van der Waals surface area contributed by atoms with Crippen LogP contribution in [-0.4, -0.2) is 26.4 Å². The van der Waals surface area contributed by atoms with Gasteiger partial charge in [-0.1, -0.05) is 24.9 Å². The number of nitrogens with zero attached hydrogens (tertiary/aromatic N) is 3. The average molecular weight is 578 g/mol. The van der Waals surface area contributed by atoms with E-state index in [-0.39, 0.29) is 12.6 Å². The minimum Gasteiger partial charge on any atom is -0.489 e. The third kappa shape index (κ3) is 5.91. The highest BCUT2D eigenvalue weighted by molar-refractivity contribution is 7.19. The Morgan fingerprint density at radius 2 is 1.90 bits per heavy atom. The molecule has 0 radical (unpaired) electrons. The Morgan fingerprint density at radius 1 is 1.13 bits per heavy atom. The lowest BCUT2D eigenvalue weighted by atomic mass is 9.88. The fraction of sp³-hybridized carbons (Fsp3) is 0.393. The topological polar surface area (TPSA) is 66.1 Å². The fourth-order valence-electron chi connectivity index (χ4n) is 5.14. The average Bonchev–Trinajstić information content (AvgIpc) is 3.28. The monoisotopic (exact) mass is 577 g/mol. The zero-order valence-electron chi connectivity index (χ0n) is 21.4. The zero-order chi connectivity index (χ0) is 27.9. The van der Waals surface area contributed by atoms with Gasteiger partial charge in [0.15, 0.2) is 0 Å². The van der Waals surface area contributed by atoms with Crippen LogP contribution in [0.15, 0.2) is 52.3 Å². The summed E-state index contributed by atoms with van der Waals surface area (Å²) in [6, 6.07) is 8.32. The summed E-state index contributed by atoms with van der Waals surface area (Å²) in [7, 11) is 0. The molecule has 2 atom stereocenters. The van der Waals surface area contributed by atoms with Gasteiger partial charge < -0.3 is 4.74 Å². The lowest BCUT2D eigenvalue weighted by Gasteiger charge is -2.31. The van der Waals surface area contributed by atoms with Gasteiger partial charge in [0.2, 0.25) is 0 Å². The number of benzene rings is 1. The lowest BCUT2D eigenvalue weighted by molar-refractivity contribution is -0.141. The van der Waals surface area contributed by atoms with Crippen LogP contribution in [0.4, 0.5) is 13.2 Å². The largest absolute Gasteiger partial charge is 0.489 e. The molecule has 1 fully saturated rings. The number of thiophene rings is 1. The molecule has 0 unspecified atom stereocenters. The second-order valence-corrected chi connectivity index (χ2v) is 11.6. The molecule has 1 saturated carbocycles. The summed E-state index contributed by atoms with van der Waals surface area (Å²) in [5.74, 6) is 1.19. The molecule has 5 rings (SSSR count). The molecule has 6 nitrogen and oxygen atoms in total. The van der Waals surface area contributed by atoms with Gasteiger partial charge in [0.25, 0.3) is 5.56 Å². The van der Waals surface area contributed by atoms with Crippen LogP contribution in [0, 0.1) is 12.8 Å². The van der Waals surface area contributed by atoms with E-state index in [9.17, 15) is 22.8 Å². The van der Waals surface area contributed by atoms with Crippen molar-refractivity contribution < 1.29 is 17.9 Å². The molecule has 0 aliphatic heterocycles. The number of aryl methyl sites for hydroxylation is 1. The van der Waals surface area contributed by atoms with Crippen LogP contribution in [0.2, 0.25) is 5.02 Å². The number of halogens is 4. The summed E-state index contributed by atoms with van der Waals surface area (Å²) in [5.41, 5.74) is 1.53. The number of rotatable bonds is 6. The molecule has 0 amide bonds. The molecule has 0 saturated heterocycles. The number of hydrogen-bond acceptors (Lipinski definition) is 5. The third-order valence-corrected chi connectivity index (χ3v) is 8.46. The second-order valence-electron chi connectivity index (χ2n) is 10.1. The Morgan fingerprint density at radius 3 is 2.64 bits per heavy atom. The maximum absolute atomic E-state index is 12.9. The quantitative estimate of drug-likeness (QED) is 0.252. The zero-order valence-corrected chi connectivity index (χ0v) is 23.0. The van der Waals surface area contributed by atoms with Gasteiger partial charge in [-0.3, -0.25) is 18.9 Å². The number of alkyl halides is 3. The molecule has 3 aromatic heterocycles. The van der Waals surface area contributed by atoms with Crippen molar-refractivity contribution in [3.63, 3.8) is 0 Å². The van der Waals surface area contributed by atoms with Crippen LogP contribution in [-0.2, 0) is 13.1 Å². The molecule has 206 valence electrons. The highest BCUT2D eigenvalue weighted by atomic mass is 35.5. The van der Waals surface area contributed by atoms with Gasteiger partial charge in [-0.25, -0.2) is 4.79 Å². The highest BCUT2D eigenvalue weighted by Crippen LogP contribution is 2.43. The van der Waals surface area contributed by atoms with Gasteiger partial charge in [0.1, 0.15) is 18.4 Å². The van der Waals surface area contributed by atoms with Crippen molar-refractivity contribution in [2.24, 2.45) is 5.92 Å². The standard InChI is InChI=1S/C28H27ClF3N3O3S/c1-16-5-3-4-6-23(16)38-25-17(2)11-18(29)12-21(25)20-7-9-33-22-13-19(39-26(20)22)14-35-24(36)8-10-34(27(35)37)15-28(30,31)32/h7-13,16,23H,3-6,14-15H2,1-2H3/t16-,23+/m0/s1. The van der Waals surface area contributed by atoms with E-state index in [1.54, 1.807) is 12.3 Å². The summed E-state index contributed by atoms with van der Waals surface area (Å²) < 4.78 is 47.4. The molecule has 39 heavy (non-hydrogen) atoms. The van der Waals surface area contributed by atoms with Crippen molar-refractivity contribution in [2.45, 2.75) is 64.9 Å². The van der Waals surface area contributed by atoms with Gasteiger partial charge in [-0.15, -0.1) is 11.3 Å². The Bertz CT molecular complexity index is 1640. The first kappa shape index (κ1) is 27.5. The summed E-state index contributed by atoms with van der Waals surface area (Å²) in [4.78, 5) is 30.2. The maximum atomic E-state index is 12.9. The van der Waals surface area contributed by atoms with Gasteiger partial charge >= 0.3 is 11.9 Å². The van der Waals surface area contributed by atoms with Crippen molar-refractivity contribution in [3.05, 3.63) is 79.0 Å². The van der Waals surface area contributed by atoms with Crippen LogP contribution < -0.4 is 16.0 Å². The Balaban J connectivity index is 1.56. The van der Waals surface area contributed by atoms with Crippen molar-refractivity contribution in [2.75, 3.05) is 0 Å². The lowest BCUT2D eigenvalue weighted by Crippen LogP contribution is -2.41. The van der Waals surface area contributed by atoms with Crippen LogP contribution >= 0.6 is 22.9 Å². The molecular weight excluding hydrogens is 551 g/mol. The SMILES string of the molecule is Cc1cc(Cl)cc(-c2ccnc3cc(Cn4c(=O)ccn(CC(F)(F)F)c4=O)sc23)c1O[C@@H]1CCCC[C@@H]1C. The first-order chi connectivity index (χ1) is 18.5. The number of aromatic nitrogens is 3. The van der Waals surface area contributed by atoms with E-state index in [0.717, 1.165) is 63.2 Å². The van der Waals surface area contributed by atoms with E-state index in [4.69, 9.17) is 16.3 Å². The molecule has 0 bridgehead atoms. The first-order valence-electron chi connectivity index (χ1n) is 12.7. The second kappa shape index (κ2) is 10.8. The summed E-state index contributed by atoms with van der Waals surface area (Å²) >= 11 is 7.81. The molecular formula is C28H27ClF3N3O3S. The van der Waals surface area contributed by atoms with Crippen molar-refractivity contribution in [3.8, 4) is 16.9 Å². The molecule has 3 heterocycles. The van der Waals surface area contributed by atoms with Gasteiger partial charge in [0.05, 0.1) is 16.8 Å². The van der Waals surface area contributed by atoms with Crippen molar-refractivity contribution in [1.82, 2.24) is 14.1 Å². The van der Waals surface area contributed by atoms with Gasteiger partial charge in [-0.05, 0) is 61.9 Å². The molecule has 0 N–H and O–H groups in total. The molecule has 0 spiro atoms. The van der Waals surface area contributed by atoms with Crippen LogP contribution in [0.25, 0.3) is 21.3 Å². The number of pyridine rings is 1. The van der Waals surface area contributed by atoms with E-state index in [1.165, 1.54) is 17.8 Å². The van der Waals surface area contributed by atoms with Gasteiger partial charge in [-0.2, -0.15) is 13.2 Å². The normalized spacial score (nSPS) is 18.0. The minimum atomic E-state index is -4.59. The van der Waals surface area contributed by atoms with Gasteiger partial charge in [0, 0.05) is 39.5 Å². The van der Waals surface area contributed by atoms with Crippen LogP contribution in [0.3, 0.4) is 0 Å². The smallest absolute Gasteiger partial charge is 0.406 e. The fourth-order valence-corrected chi connectivity index (χ4v) is 6.55. The Labute approximate surface area is 231 Å². The van der Waals surface area contributed by atoms with E-state index in [1.807, 2.05) is 25.1 Å². The summed E-state index contributed by atoms with van der Waals surface area (Å²) in [6.45, 7) is 2.53. The minimum absolute atomic E-state index is 0.0948. The van der Waals surface area contributed by atoms with E-state index in [2.05, 4.69) is 11.9 Å². The van der Waals surface area contributed by atoms with Crippen LogP contribution in [0.5, 0.6) is 5.75 Å². The van der Waals surface area contributed by atoms with Crippen LogP contribution in [0.1, 0.15) is 43.0 Å². The summed E-state index contributed by atoms with van der Waals surface area (Å²) in [5, 5.41) is 0.564. The molecule has 1 aliphatic rings. The molecule has 11 heteroatoms. The number of ether oxygens (including phenoxy) is 1. The molecule has 1 aromatic carbocycles. The van der Waals surface area contributed by atoms with E-state index < -0.39 is 24.0 Å². The third-order valence-electron chi connectivity index (χ3n) is 7.10. The summed E-state index contributed by atoms with van der Waals surface area (Å²) in [6.07, 6.45) is 2.46.